The molecule has 2 rings (SSSR count). The molecule has 0 heterocycles. The number of nitro benzene ring substituents is 1. The van der Waals surface area contributed by atoms with Gasteiger partial charge in [-0.05, 0) is 31.4 Å². The van der Waals surface area contributed by atoms with E-state index in [1.165, 1.54) is 6.07 Å². The first-order valence-electron chi connectivity index (χ1n) is 7.85. The number of benzene rings is 1. The highest BCUT2D eigenvalue weighted by Crippen LogP contribution is 2.44. The summed E-state index contributed by atoms with van der Waals surface area (Å²) < 4.78 is 47.0. The summed E-state index contributed by atoms with van der Waals surface area (Å²) in [5.41, 5.74) is -1.20. The molecule has 0 aromatic heterocycles. The van der Waals surface area contributed by atoms with Gasteiger partial charge in [0.05, 0.1) is 16.9 Å². The lowest BCUT2D eigenvalue weighted by atomic mass is 9.78. The van der Waals surface area contributed by atoms with Crippen LogP contribution in [0, 0.1) is 10.1 Å². The van der Waals surface area contributed by atoms with Gasteiger partial charge in [0.1, 0.15) is 0 Å². The van der Waals surface area contributed by atoms with E-state index in [2.05, 4.69) is 4.74 Å². The Bertz CT molecular complexity index is 654. The minimum atomic E-state index is -4.63. The fourth-order valence-electron chi connectivity index (χ4n) is 3.10. The van der Waals surface area contributed by atoms with Crippen LogP contribution in [0.4, 0.5) is 18.9 Å². The monoisotopic (exact) mass is 361 g/mol. The standard InChI is InChI=1S/C16H18F3NO5/c1-2-24-14(21)15(7-3-4-8-15)11-5-6-12(20(22)23)13(9-11)25-10-16(17,18)19/h5-6,9H,2-4,7-8,10H2,1H3. The third-order valence-electron chi connectivity index (χ3n) is 4.22. The molecular weight excluding hydrogens is 343 g/mol. The SMILES string of the molecule is CCOC(=O)C1(c2ccc([N+](=O)[O-])c(OCC(F)(F)F)c2)CCCC1. The first kappa shape index (κ1) is 19.0. The smallest absolute Gasteiger partial charge is 0.422 e. The molecule has 0 bridgehead atoms. The Kier molecular flexibility index (Phi) is 5.54. The molecular formula is C16H18F3NO5. The summed E-state index contributed by atoms with van der Waals surface area (Å²) in [5, 5.41) is 11.0. The molecule has 25 heavy (non-hydrogen) atoms. The van der Waals surface area contributed by atoms with E-state index < -0.39 is 40.5 Å². The molecule has 0 radical (unpaired) electrons. The van der Waals surface area contributed by atoms with Crippen molar-refractivity contribution >= 4 is 11.7 Å². The van der Waals surface area contributed by atoms with Crippen molar-refractivity contribution < 1.29 is 32.4 Å². The van der Waals surface area contributed by atoms with Crippen molar-refractivity contribution in [1.82, 2.24) is 0 Å². The van der Waals surface area contributed by atoms with E-state index in [1.807, 2.05) is 0 Å². The van der Waals surface area contributed by atoms with Gasteiger partial charge in [-0.3, -0.25) is 14.9 Å². The lowest BCUT2D eigenvalue weighted by Crippen LogP contribution is -2.34. The van der Waals surface area contributed by atoms with E-state index in [0.717, 1.165) is 25.0 Å². The Morgan fingerprint density at radius 3 is 2.48 bits per heavy atom. The van der Waals surface area contributed by atoms with Crippen molar-refractivity contribution in [3.8, 4) is 5.75 Å². The second-order valence-corrected chi connectivity index (χ2v) is 5.85. The van der Waals surface area contributed by atoms with Crippen LogP contribution in [0.3, 0.4) is 0 Å². The summed E-state index contributed by atoms with van der Waals surface area (Å²) in [5.74, 6) is -0.974. The van der Waals surface area contributed by atoms with Gasteiger partial charge in [0.2, 0.25) is 0 Å². The van der Waals surface area contributed by atoms with Crippen LogP contribution in [0.25, 0.3) is 0 Å². The first-order valence-corrected chi connectivity index (χ1v) is 7.85. The Morgan fingerprint density at radius 1 is 1.32 bits per heavy atom. The summed E-state index contributed by atoms with van der Waals surface area (Å²) in [6, 6.07) is 3.62. The molecule has 1 aliphatic carbocycles. The number of rotatable bonds is 6. The summed E-state index contributed by atoms with van der Waals surface area (Å²) in [4.78, 5) is 22.7. The summed E-state index contributed by atoms with van der Waals surface area (Å²) in [7, 11) is 0. The number of esters is 1. The van der Waals surface area contributed by atoms with Crippen molar-refractivity contribution in [2.75, 3.05) is 13.2 Å². The molecule has 1 fully saturated rings. The number of nitrogens with zero attached hydrogens (tertiary/aromatic N) is 1. The van der Waals surface area contributed by atoms with Crippen LogP contribution >= 0.6 is 0 Å². The zero-order valence-electron chi connectivity index (χ0n) is 13.6. The molecule has 1 aromatic carbocycles. The van der Waals surface area contributed by atoms with Crippen LogP contribution in [0.15, 0.2) is 18.2 Å². The molecule has 9 heteroatoms. The molecule has 0 atom stereocenters. The van der Waals surface area contributed by atoms with Crippen LogP contribution in [-0.4, -0.2) is 30.3 Å². The van der Waals surface area contributed by atoms with Crippen LogP contribution < -0.4 is 4.74 Å². The van der Waals surface area contributed by atoms with Gasteiger partial charge in [0.25, 0.3) is 0 Å². The van der Waals surface area contributed by atoms with E-state index in [0.29, 0.717) is 18.4 Å². The Hall–Kier alpha value is -2.32. The van der Waals surface area contributed by atoms with Gasteiger partial charge in [-0.15, -0.1) is 0 Å². The second kappa shape index (κ2) is 7.28. The van der Waals surface area contributed by atoms with Gasteiger partial charge in [0.15, 0.2) is 12.4 Å². The van der Waals surface area contributed by atoms with Gasteiger partial charge >= 0.3 is 17.8 Å². The third-order valence-corrected chi connectivity index (χ3v) is 4.22. The maximum absolute atomic E-state index is 12.4. The number of hydrogen-bond donors (Lipinski definition) is 0. The highest BCUT2D eigenvalue weighted by atomic mass is 19.4. The molecule has 0 spiro atoms. The fraction of sp³-hybridized carbons (Fsp3) is 0.562. The summed E-state index contributed by atoms with van der Waals surface area (Å²) >= 11 is 0. The van der Waals surface area contributed by atoms with Gasteiger partial charge in [-0.25, -0.2) is 0 Å². The van der Waals surface area contributed by atoms with Crippen molar-refractivity contribution in [3.05, 3.63) is 33.9 Å². The van der Waals surface area contributed by atoms with Crippen molar-refractivity contribution in [2.24, 2.45) is 0 Å². The number of alkyl halides is 3. The number of carbonyl (C=O) groups is 1. The van der Waals surface area contributed by atoms with Crippen LogP contribution in [-0.2, 0) is 14.9 Å². The predicted octanol–water partition coefficient (Wildman–Crippen LogP) is 3.91. The largest absolute Gasteiger partial charge is 0.477 e. The van der Waals surface area contributed by atoms with Gasteiger partial charge in [0, 0.05) is 6.07 Å². The minimum Gasteiger partial charge on any atom is -0.477 e. The summed E-state index contributed by atoms with van der Waals surface area (Å²) in [6.07, 6.45) is -2.16. The lowest BCUT2D eigenvalue weighted by Gasteiger charge is -2.27. The van der Waals surface area contributed by atoms with Crippen LogP contribution in [0.2, 0.25) is 0 Å². The van der Waals surface area contributed by atoms with E-state index in [4.69, 9.17) is 4.74 Å². The average Bonchev–Trinajstić information content (AvgIpc) is 3.03. The zero-order chi connectivity index (χ0) is 18.7. The normalized spacial score (nSPS) is 16.5. The molecule has 1 aliphatic rings. The molecule has 0 N–H and O–H groups in total. The third kappa shape index (κ3) is 4.21. The van der Waals surface area contributed by atoms with E-state index >= 15 is 0 Å². The molecule has 138 valence electrons. The van der Waals surface area contributed by atoms with Crippen molar-refractivity contribution in [3.63, 3.8) is 0 Å². The van der Waals surface area contributed by atoms with E-state index in [1.54, 1.807) is 6.92 Å². The zero-order valence-corrected chi connectivity index (χ0v) is 13.6. The maximum atomic E-state index is 12.4. The molecule has 0 amide bonds. The number of ether oxygens (including phenoxy) is 2. The molecule has 0 aliphatic heterocycles. The highest BCUT2D eigenvalue weighted by Gasteiger charge is 2.45. The fourth-order valence-corrected chi connectivity index (χ4v) is 3.10. The minimum absolute atomic E-state index is 0.172. The number of hydrogen-bond acceptors (Lipinski definition) is 5. The van der Waals surface area contributed by atoms with E-state index in [-0.39, 0.29) is 6.61 Å². The molecule has 1 saturated carbocycles. The van der Waals surface area contributed by atoms with Crippen molar-refractivity contribution in [1.29, 1.82) is 0 Å². The average molecular weight is 361 g/mol. The lowest BCUT2D eigenvalue weighted by molar-refractivity contribution is -0.386. The maximum Gasteiger partial charge on any atom is 0.422 e. The van der Waals surface area contributed by atoms with E-state index in [9.17, 15) is 28.1 Å². The molecule has 1 aromatic rings. The van der Waals surface area contributed by atoms with Gasteiger partial charge < -0.3 is 9.47 Å². The van der Waals surface area contributed by atoms with Crippen LogP contribution in [0.1, 0.15) is 38.2 Å². The molecule has 0 saturated heterocycles. The Morgan fingerprint density at radius 2 is 1.96 bits per heavy atom. The highest BCUT2D eigenvalue weighted by molar-refractivity contribution is 5.84. The number of carbonyl (C=O) groups excluding carboxylic acids is 1. The van der Waals surface area contributed by atoms with Crippen LogP contribution in [0.5, 0.6) is 5.75 Å². The Balaban J connectivity index is 2.43. The van der Waals surface area contributed by atoms with Gasteiger partial charge in [-0.2, -0.15) is 13.2 Å². The first-order chi connectivity index (χ1) is 11.7. The molecule has 6 nitrogen and oxygen atoms in total. The predicted molar refractivity (Wildman–Crippen MR) is 81.4 cm³/mol. The van der Waals surface area contributed by atoms with Gasteiger partial charge in [-0.1, -0.05) is 18.9 Å². The van der Waals surface area contributed by atoms with Crippen molar-refractivity contribution in [2.45, 2.75) is 44.2 Å². The second-order valence-electron chi connectivity index (χ2n) is 5.85. The molecule has 0 unspecified atom stereocenters. The number of nitro groups is 1. The Labute approximate surface area is 142 Å². The summed E-state index contributed by atoms with van der Waals surface area (Å²) in [6.45, 7) is 0.183. The quantitative estimate of drug-likeness (QED) is 0.436. The number of halogens is 3. The topological polar surface area (TPSA) is 78.7 Å².